The Balaban J connectivity index is 2.05. The Labute approximate surface area is 124 Å². The standard InChI is InChI=1S/C15H21N3O3/c1-10-6-7-12(9-14(10)18(20)21)11(2)17-15(19)13-5-3-4-8-16-13/h6-7,9,11,13,16H,3-5,8H2,1-2H3,(H,17,19). The summed E-state index contributed by atoms with van der Waals surface area (Å²) in [7, 11) is 0. The van der Waals surface area contributed by atoms with Gasteiger partial charge in [-0.25, -0.2) is 0 Å². The van der Waals surface area contributed by atoms with Crippen LogP contribution in [-0.2, 0) is 4.79 Å². The van der Waals surface area contributed by atoms with Crippen LogP contribution >= 0.6 is 0 Å². The molecule has 1 aromatic rings. The molecule has 0 bridgehead atoms. The minimum absolute atomic E-state index is 0.0366. The van der Waals surface area contributed by atoms with E-state index in [9.17, 15) is 14.9 Å². The number of carbonyl (C=O) groups is 1. The lowest BCUT2D eigenvalue weighted by Crippen LogP contribution is -2.47. The molecule has 0 saturated carbocycles. The molecule has 1 fully saturated rings. The van der Waals surface area contributed by atoms with Gasteiger partial charge in [-0.1, -0.05) is 18.6 Å². The predicted molar refractivity (Wildman–Crippen MR) is 80.0 cm³/mol. The number of aryl methyl sites for hydroxylation is 1. The summed E-state index contributed by atoms with van der Waals surface area (Å²) in [6, 6.07) is 4.67. The maximum atomic E-state index is 12.2. The van der Waals surface area contributed by atoms with Gasteiger partial charge < -0.3 is 10.6 Å². The molecule has 6 heteroatoms. The first-order chi connectivity index (χ1) is 9.99. The first kappa shape index (κ1) is 15.4. The smallest absolute Gasteiger partial charge is 0.272 e. The molecule has 1 saturated heterocycles. The van der Waals surface area contributed by atoms with Gasteiger partial charge in [-0.3, -0.25) is 14.9 Å². The van der Waals surface area contributed by atoms with Crippen molar-refractivity contribution in [2.75, 3.05) is 6.54 Å². The van der Waals surface area contributed by atoms with Gasteiger partial charge in [-0.15, -0.1) is 0 Å². The van der Waals surface area contributed by atoms with Crippen molar-refractivity contribution in [3.63, 3.8) is 0 Å². The van der Waals surface area contributed by atoms with Gasteiger partial charge >= 0.3 is 0 Å². The molecule has 1 aromatic carbocycles. The molecular weight excluding hydrogens is 270 g/mol. The van der Waals surface area contributed by atoms with Gasteiger partial charge in [0, 0.05) is 11.6 Å². The van der Waals surface area contributed by atoms with Crippen LogP contribution in [0.5, 0.6) is 0 Å². The number of rotatable bonds is 4. The lowest BCUT2D eigenvalue weighted by Gasteiger charge is -2.24. The second-order valence-electron chi connectivity index (χ2n) is 5.54. The molecule has 21 heavy (non-hydrogen) atoms. The number of hydrogen-bond donors (Lipinski definition) is 2. The summed E-state index contributed by atoms with van der Waals surface area (Å²) in [5.41, 5.74) is 1.46. The number of benzene rings is 1. The monoisotopic (exact) mass is 291 g/mol. The zero-order valence-electron chi connectivity index (χ0n) is 12.4. The Morgan fingerprint density at radius 2 is 2.24 bits per heavy atom. The second kappa shape index (κ2) is 6.67. The average Bonchev–Trinajstić information content (AvgIpc) is 2.48. The topological polar surface area (TPSA) is 84.3 Å². The molecule has 114 valence electrons. The maximum absolute atomic E-state index is 12.2. The number of nitrogens with zero attached hydrogens (tertiary/aromatic N) is 1. The van der Waals surface area contributed by atoms with Crippen molar-refractivity contribution < 1.29 is 9.72 Å². The molecule has 1 amide bonds. The number of nitrogens with one attached hydrogen (secondary N) is 2. The van der Waals surface area contributed by atoms with Crippen molar-refractivity contribution >= 4 is 11.6 Å². The van der Waals surface area contributed by atoms with Crippen molar-refractivity contribution in [1.29, 1.82) is 0 Å². The first-order valence-corrected chi connectivity index (χ1v) is 7.27. The van der Waals surface area contributed by atoms with E-state index in [2.05, 4.69) is 10.6 Å². The Morgan fingerprint density at radius 3 is 2.86 bits per heavy atom. The van der Waals surface area contributed by atoms with E-state index in [-0.39, 0.29) is 23.7 Å². The first-order valence-electron chi connectivity index (χ1n) is 7.27. The van der Waals surface area contributed by atoms with Crippen LogP contribution in [0.1, 0.15) is 43.4 Å². The minimum atomic E-state index is -0.393. The Bertz CT molecular complexity index is 539. The molecule has 2 rings (SSSR count). The van der Waals surface area contributed by atoms with Crippen molar-refractivity contribution in [3.8, 4) is 0 Å². The van der Waals surface area contributed by atoms with Crippen LogP contribution in [0.2, 0.25) is 0 Å². The minimum Gasteiger partial charge on any atom is -0.348 e. The fourth-order valence-electron chi connectivity index (χ4n) is 2.57. The molecule has 2 N–H and O–H groups in total. The largest absolute Gasteiger partial charge is 0.348 e. The lowest BCUT2D eigenvalue weighted by molar-refractivity contribution is -0.385. The van der Waals surface area contributed by atoms with Gasteiger partial charge in [-0.2, -0.15) is 0 Å². The summed E-state index contributed by atoms with van der Waals surface area (Å²) in [5.74, 6) is -0.0366. The number of nitro benzene ring substituents is 1. The second-order valence-corrected chi connectivity index (χ2v) is 5.54. The molecule has 0 aromatic heterocycles. The highest BCUT2D eigenvalue weighted by Crippen LogP contribution is 2.23. The fourth-order valence-corrected chi connectivity index (χ4v) is 2.57. The Hall–Kier alpha value is -1.95. The zero-order chi connectivity index (χ0) is 15.4. The van der Waals surface area contributed by atoms with E-state index in [1.807, 2.05) is 13.0 Å². The van der Waals surface area contributed by atoms with Crippen LogP contribution in [0, 0.1) is 17.0 Å². The van der Waals surface area contributed by atoms with E-state index >= 15 is 0 Å². The molecular formula is C15H21N3O3. The third-order valence-corrected chi connectivity index (χ3v) is 3.92. The van der Waals surface area contributed by atoms with Crippen LogP contribution in [0.25, 0.3) is 0 Å². The van der Waals surface area contributed by atoms with Gasteiger partial charge in [0.2, 0.25) is 5.91 Å². The molecule has 1 aliphatic rings. The molecule has 0 radical (unpaired) electrons. The number of amides is 1. The summed E-state index contributed by atoms with van der Waals surface area (Å²) in [6.45, 7) is 4.41. The van der Waals surface area contributed by atoms with E-state index in [0.29, 0.717) is 5.56 Å². The van der Waals surface area contributed by atoms with Crippen molar-refractivity contribution in [3.05, 3.63) is 39.4 Å². The summed E-state index contributed by atoms with van der Waals surface area (Å²) < 4.78 is 0. The van der Waals surface area contributed by atoms with Gasteiger partial charge in [0.05, 0.1) is 17.0 Å². The number of hydrogen-bond acceptors (Lipinski definition) is 4. The lowest BCUT2D eigenvalue weighted by atomic mass is 10.0. The van der Waals surface area contributed by atoms with Crippen LogP contribution in [0.3, 0.4) is 0 Å². The van der Waals surface area contributed by atoms with E-state index in [1.54, 1.807) is 13.0 Å². The third kappa shape index (κ3) is 3.78. The Morgan fingerprint density at radius 1 is 1.48 bits per heavy atom. The van der Waals surface area contributed by atoms with Crippen LogP contribution in [-0.4, -0.2) is 23.4 Å². The van der Waals surface area contributed by atoms with Crippen LogP contribution < -0.4 is 10.6 Å². The van der Waals surface area contributed by atoms with E-state index < -0.39 is 4.92 Å². The van der Waals surface area contributed by atoms with E-state index in [4.69, 9.17) is 0 Å². The molecule has 2 unspecified atom stereocenters. The van der Waals surface area contributed by atoms with Crippen LogP contribution in [0.4, 0.5) is 5.69 Å². The SMILES string of the molecule is Cc1ccc(C(C)NC(=O)C2CCCCN2)cc1[N+](=O)[O-]. The van der Waals surface area contributed by atoms with Crippen LogP contribution in [0.15, 0.2) is 18.2 Å². The highest BCUT2D eigenvalue weighted by atomic mass is 16.6. The summed E-state index contributed by atoms with van der Waals surface area (Å²) in [6.07, 6.45) is 2.99. The van der Waals surface area contributed by atoms with Gasteiger partial charge in [0.25, 0.3) is 5.69 Å². The molecule has 2 atom stereocenters. The Kier molecular flexibility index (Phi) is 4.90. The van der Waals surface area contributed by atoms with Crippen molar-refractivity contribution in [2.24, 2.45) is 0 Å². The highest BCUT2D eigenvalue weighted by Gasteiger charge is 2.22. The number of piperidine rings is 1. The van der Waals surface area contributed by atoms with Gasteiger partial charge in [0.15, 0.2) is 0 Å². The molecule has 1 aliphatic heterocycles. The number of nitro groups is 1. The van der Waals surface area contributed by atoms with Crippen molar-refractivity contribution in [1.82, 2.24) is 10.6 Å². The normalized spacial score (nSPS) is 19.8. The number of carbonyl (C=O) groups excluding carboxylic acids is 1. The van der Waals surface area contributed by atoms with E-state index in [0.717, 1.165) is 31.4 Å². The maximum Gasteiger partial charge on any atom is 0.272 e. The summed E-state index contributed by atoms with van der Waals surface area (Å²) in [4.78, 5) is 22.7. The molecule has 0 aliphatic carbocycles. The molecule has 1 heterocycles. The average molecular weight is 291 g/mol. The third-order valence-electron chi connectivity index (χ3n) is 3.92. The quantitative estimate of drug-likeness (QED) is 0.658. The highest BCUT2D eigenvalue weighted by molar-refractivity contribution is 5.82. The van der Waals surface area contributed by atoms with E-state index in [1.165, 1.54) is 6.07 Å². The van der Waals surface area contributed by atoms with Gasteiger partial charge in [-0.05, 0) is 38.8 Å². The summed E-state index contributed by atoms with van der Waals surface area (Å²) in [5, 5.41) is 17.1. The summed E-state index contributed by atoms with van der Waals surface area (Å²) >= 11 is 0. The van der Waals surface area contributed by atoms with Gasteiger partial charge in [0.1, 0.15) is 0 Å². The molecule has 6 nitrogen and oxygen atoms in total. The van der Waals surface area contributed by atoms with Crippen molar-refractivity contribution in [2.45, 2.75) is 45.2 Å². The predicted octanol–water partition coefficient (Wildman–Crippen LogP) is 2.22. The molecule has 0 spiro atoms. The fraction of sp³-hybridized carbons (Fsp3) is 0.533. The zero-order valence-corrected chi connectivity index (χ0v) is 12.4.